The number of sulfone groups is 1. The number of nitrogens with one attached hydrogen (secondary N) is 1. The molecule has 0 aliphatic heterocycles. The zero-order valence-corrected chi connectivity index (χ0v) is 12.3. The lowest BCUT2D eigenvalue weighted by atomic mass is 9.76. The summed E-state index contributed by atoms with van der Waals surface area (Å²) in [6.07, 6.45) is 2.89. The quantitative estimate of drug-likeness (QED) is 0.823. The van der Waals surface area contributed by atoms with E-state index in [4.69, 9.17) is 0 Å². The first-order valence-electron chi connectivity index (χ1n) is 6.31. The zero-order chi connectivity index (χ0) is 13.6. The van der Waals surface area contributed by atoms with E-state index in [2.05, 4.69) is 24.4 Å². The standard InChI is InChI=1S/C14H23NO2S/c1-4-14(12-15-2,10-11-18(3,16)17)13-8-6-5-7-9-13/h5-9,15H,4,10-12H2,1-3H3. The Kier molecular flexibility index (Phi) is 5.35. The highest BCUT2D eigenvalue weighted by molar-refractivity contribution is 7.90. The van der Waals surface area contributed by atoms with Gasteiger partial charge < -0.3 is 5.32 Å². The predicted molar refractivity (Wildman–Crippen MR) is 76.7 cm³/mol. The van der Waals surface area contributed by atoms with Gasteiger partial charge in [-0.05, 0) is 25.5 Å². The Bertz CT molecular complexity index is 456. The molecule has 1 N–H and O–H groups in total. The van der Waals surface area contributed by atoms with Gasteiger partial charge in [0.15, 0.2) is 0 Å². The Hall–Kier alpha value is -0.870. The number of rotatable bonds is 7. The molecule has 0 saturated heterocycles. The minimum absolute atomic E-state index is 0.0981. The van der Waals surface area contributed by atoms with Gasteiger partial charge in [0.25, 0.3) is 0 Å². The van der Waals surface area contributed by atoms with Crippen LogP contribution in [0.15, 0.2) is 30.3 Å². The van der Waals surface area contributed by atoms with Crippen molar-refractivity contribution in [3.8, 4) is 0 Å². The lowest BCUT2D eigenvalue weighted by Crippen LogP contribution is -2.38. The van der Waals surface area contributed by atoms with Crippen LogP contribution in [0.1, 0.15) is 25.3 Å². The van der Waals surface area contributed by atoms with Crippen molar-refractivity contribution < 1.29 is 8.42 Å². The molecule has 0 fully saturated rings. The summed E-state index contributed by atoms with van der Waals surface area (Å²) in [5.74, 6) is 0.234. The number of hydrogen-bond donors (Lipinski definition) is 1. The van der Waals surface area contributed by atoms with Crippen molar-refractivity contribution in [3.63, 3.8) is 0 Å². The molecule has 1 rings (SSSR count). The molecule has 3 nitrogen and oxygen atoms in total. The molecular formula is C14H23NO2S. The molecule has 102 valence electrons. The van der Waals surface area contributed by atoms with Crippen LogP contribution >= 0.6 is 0 Å². The molecule has 1 unspecified atom stereocenters. The largest absolute Gasteiger partial charge is 0.319 e. The molecule has 1 aromatic carbocycles. The van der Waals surface area contributed by atoms with Crippen LogP contribution in [0.4, 0.5) is 0 Å². The monoisotopic (exact) mass is 269 g/mol. The Labute approximate surface area is 111 Å². The maximum Gasteiger partial charge on any atom is 0.147 e. The normalized spacial score (nSPS) is 15.3. The fourth-order valence-corrected chi connectivity index (χ4v) is 3.11. The first-order chi connectivity index (χ1) is 8.43. The Morgan fingerprint density at radius 2 is 1.83 bits per heavy atom. The molecule has 0 aliphatic rings. The summed E-state index contributed by atoms with van der Waals surface area (Å²) in [6.45, 7) is 2.91. The molecule has 1 aromatic rings. The maximum absolute atomic E-state index is 11.4. The van der Waals surface area contributed by atoms with Crippen LogP contribution in [0.2, 0.25) is 0 Å². The van der Waals surface area contributed by atoms with E-state index < -0.39 is 9.84 Å². The van der Waals surface area contributed by atoms with E-state index in [0.717, 1.165) is 13.0 Å². The fraction of sp³-hybridized carbons (Fsp3) is 0.571. The molecular weight excluding hydrogens is 246 g/mol. The van der Waals surface area contributed by atoms with Gasteiger partial charge in [-0.15, -0.1) is 0 Å². The maximum atomic E-state index is 11.4. The van der Waals surface area contributed by atoms with E-state index in [-0.39, 0.29) is 11.2 Å². The van der Waals surface area contributed by atoms with Crippen molar-refractivity contribution in [1.82, 2.24) is 5.32 Å². The summed E-state index contributed by atoms with van der Waals surface area (Å²) >= 11 is 0. The molecule has 4 heteroatoms. The van der Waals surface area contributed by atoms with Crippen molar-refractivity contribution >= 4 is 9.84 Å². The Morgan fingerprint density at radius 3 is 2.28 bits per heavy atom. The van der Waals surface area contributed by atoms with Gasteiger partial charge in [0.1, 0.15) is 9.84 Å². The van der Waals surface area contributed by atoms with E-state index in [1.807, 2.05) is 25.2 Å². The van der Waals surface area contributed by atoms with Gasteiger partial charge in [0.05, 0.1) is 5.75 Å². The number of likely N-dealkylation sites (N-methyl/N-ethyl adjacent to an activating group) is 1. The first kappa shape index (κ1) is 15.2. The first-order valence-corrected chi connectivity index (χ1v) is 8.37. The van der Waals surface area contributed by atoms with Crippen molar-refractivity contribution in [2.75, 3.05) is 25.6 Å². The van der Waals surface area contributed by atoms with Crippen molar-refractivity contribution in [3.05, 3.63) is 35.9 Å². The van der Waals surface area contributed by atoms with Gasteiger partial charge in [-0.25, -0.2) is 8.42 Å². The summed E-state index contributed by atoms with van der Waals surface area (Å²) in [7, 11) is -1.01. The summed E-state index contributed by atoms with van der Waals surface area (Å²) in [4.78, 5) is 0. The van der Waals surface area contributed by atoms with Crippen LogP contribution in [-0.4, -0.2) is 34.0 Å². The minimum Gasteiger partial charge on any atom is -0.319 e. The van der Waals surface area contributed by atoms with E-state index in [1.165, 1.54) is 11.8 Å². The van der Waals surface area contributed by atoms with Gasteiger partial charge in [0.2, 0.25) is 0 Å². The molecule has 0 heterocycles. The molecule has 0 aromatic heterocycles. The van der Waals surface area contributed by atoms with E-state index >= 15 is 0 Å². The lowest BCUT2D eigenvalue weighted by molar-refractivity contribution is 0.380. The molecule has 1 atom stereocenters. The average molecular weight is 269 g/mol. The molecule has 0 spiro atoms. The van der Waals surface area contributed by atoms with Crippen LogP contribution in [0.3, 0.4) is 0 Å². The highest BCUT2D eigenvalue weighted by Crippen LogP contribution is 2.31. The third-order valence-corrected chi connectivity index (χ3v) is 4.48. The minimum atomic E-state index is -2.92. The van der Waals surface area contributed by atoms with Gasteiger partial charge >= 0.3 is 0 Å². The predicted octanol–water partition coefficient (Wildman–Crippen LogP) is 1.99. The Balaban J connectivity index is 3.02. The molecule has 0 aliphatic carbocycles. The third kappa shape index (κ3) is 4.10. The lowest BCUT2D eigenvalue weighted by Gasteiger charge is -2.33. The number of benzene rings is 1. The molecule has 0 amide bonds. The van der Waals surface area contributed by atoms with E-state index in [0.29, 0.717) is 6.42 Å². The molecule has 18 heavy (non-hydrogen) atoms. The molecule has 0 bridgehead atoms. The van der Waals surface area contributed by atoms with Crippen LogP contribution in [-0.2, 0) is 15.3 Å². The third-order valence-electron chi connectivity index (χ3n) is 3.53. The van der Waals surface area contributed by atoms with E-state index in [9.17, 15) is 8.42 Å². The second-order valence-corrected chi connectivity index (χ2v) is 7.17. The van der Waals surface area contributed by atoms with Crippen LogP contribution < -0.4 is 5.32 Å². The SMILES string of the molecule is CCC(CCS(C)(=O)=O)(CNC)c1ccccc1. The van der Waals surface area contributed by atoms with Crippen molar-refractivity contribution in [2.24, 2.45) is 0 Å². The second-order valence-electron chi connectivity index (χ2n) is 4.91. The van der Waals surface area contributed by atoms with Gasteiger partial charge in [-0.2, -0.15) is 0 Å². The molecule has 0 saturated carbocycles. The summed E-state index contributed by atoms with van der Waals surface area (Å²) in [5.41, 5.74) is 1.12. The average Bonchev–Trinajstić information content (AvgIpc) is 2.35. The molecule has 0 radical (unpaired) electrons. The fourth-order valence-electron chi connectivity index (χ4n) is 2.35. The zero-order valence-electron chi connectivity index (χ0n) is 11.4. The van der Waals surface area contributed by atoms with Gasteiger partial charge in [-0.3, -0.25) is 0 Å². The van der Waals surface area contributed by atoms with Crippen LogP contribution in [0.5, 0.6) is 0 Å². The highest BCUT2D eigenvalue weighted by Gasteiger charge is 2.30. The highest BCUT2D eigenvalue weighted by atomic mass is 32.2. The van der Waals surface area contributed by atoms with Crippen molar-refractivity contribution in [2.45, 2.75) is 25.2 Å². The summed E-state index contributed by atoms with van der Waals surface area (Å²) < 4.78 is 22.8. The summed E-state index contributed by atoms with van der Waals surface area (Å²) in [6, 6.07) is 10.2. The summed E-state index contributed by atoms with van der Waals surface area (Å²) in [5, 5.41) is 3.20. The topological polar surface area (TPSA) is 46.2 Å². The number of hydrogen-bond acceptors (Lipinski definition) is 3. The van der Waals surface area contributed by atoms with Crippen LogP contribution in [0, 0.1) is 0 Å². The van der Waals surface area contributed by atoms with Crippen LogP contribution in [0.25, 0.3) is 0 Å². The second kappa shape index (κ2) is 6.34. The Morgan fingerprint density at radius 1 is 1.22 bits per heavy atom. The van der Waals surface area contributed by atoms with Gasteiger partial charge in [0, 0.05) is 18.2 Å². The van der Waals surface area contributed by atoms with Gasteiger partial charge in [-0.1, -0.05) is 37.3 Å². The van der Waals surface area contributed by atoms with Crippen molar-refractivity contribution in [1.29, 1.82) is 0 Å². The smallest absolute Gasteiger partial charge is 0.147 e. The van der Waals surface area contributed by atoms with E-state index in [1.54, 1.807) is 0 Å².